The van der Waals surface area contributed by atoms with E-state index in [0.717, 1.165) is 44.0 Å². The third-order valence-corrected chi connectivity index (χ3v) is 8.40. The van der Waals surface area contributed by atoms with Crippen LogP contribution in [-0.2, 0) is 16.1 Å². The second-order valence-corrected chi connectivity index (χ2v) is 9.78. The molecule has 1 aromatic heterocycles. The van der Waals surface area contributed by atoms with Crippen LogP contribution in [0.25, 0.3) is 0 Å². The van der Waals surface area contributed by atoms with E-state index < -0.39 is 17.8 Å². The minimum atomic E-state index is -0.792. The topological polar surface area (TPSA) is 104 Å². The Balaban J connectivity index is 1.30. The first-order chi connectivity index (χ1) is 14.0. The molecule has 1 aromatic rings. The fourth-order valence-electron chi connectivity index (χ4n) is 7.26. The van der Waals surface area contributed by atoms with Gasteiger partial charge in [0.15, 0.2) is 5.76 Å². The van der Waals surface area contributed by atoms with Crippen LogP contribution in [0.4, 0.5) is 0 Å². The highest BCUT2D eigenvalue weighted by Crippen LogP contribution is 2.78. The molecular weight excluding hydrogens is 370 g/mol. The molecule has 0 aromatic carbocycles. The van der Waals surface area contributed by atoms with Gasteiger partial charge in [-0.15, -0.1) is 0 Å². The van der Waals surface area contributed by atoms with Crippen molar-refractivity contribution >= 4 is 11.9 Å². The second-order valence-electron chi connectivity index (χ2n) is 9.78. The van der Waals surface area contributed by atoms with E-state index in [2.05, 4.69) is 15.8 Å². The minimum absolute atomic E-state index is 0.110. The summed E-state index contributed by atoms with van der Waals surface area (Å²) in [6.07, 6.45) is 6.76. The van der Waals surface area contributed by atoms with Crippen molar-refractivity contribution in [1.82, 2.24) is 15.8 Å². The number of carboxylic acid groups (broad SMARTS) is 1. The summed E-state index contributed by atoms with van der Waals surface area (Å²) in [6.45, 7) is 4.30. The van der Waals surface area contributed by atoms with Gasteiger partial charge in [-0.1, -0.05) is 5.16 Å². The lowest BCUT2D eigenvalue weighted by Crippen LogP contribution is -2.41. The molecule has 1 amide bonds. The van der Waals surface area contributed by atoms with Gasteiger partial charge in [0.2, 0.25) is 5.91 Å². The van der Waals surface area contributed by atoms with E-state index in [9.17, 15) is 14.7 Å². The summed E-state index contributed by atoms with van der Waals surface area (Å²) in [5.41, 5.74) is 0.883. The fourth-order valence-corrected chi connectivity index (χ4v) is 7.26. The number of aromatic nitrogens is 1. The van der Waals surface area contributed by atoms with E-state index in [1.54, 1.807) is 6.07 Å². The lowest BCUT2D eigenvalue weighted by atomic mass is 9.78. The van der Waals surface area contributed by atoms with Crippen molar-refractivity contribution in [2.75, 3.05) is 13.1 Å². The highest BCUT2D eigenvalue weighted by molar-refractivity contribution is 5.86. The van der Waals surface area contributed by atoms with Crippen LogP contribution in [0.2, 0.25) is 0 Å². The van der Waals surface area contributed by atoms with Crippen LogP contribution in [0, 0.1) is 47.8 Å². The fraction of sp³-hybridized carbons (Fsp3) is 0.773. The number of piperidine rings is 1. The summed E-state index contributed by atoms with van der Waals surface area (Å²) in [4.78, 5) is 25.3. The largest absolute Gasteiger partial charge is 0.481 e. The number of carbonyl (C=O) groups excluding carboxylic acids is 1. The van der Waals surface area contributed by atoms with Crippen molar-refractivity contribution in [2.45, 2.75) is 52.0 Å². The van der Waals surface area contributed by atoms with Gasteiger partial charge in [-0.3, -0.25) is 9.59 Å². The molecule has 5 rings (SSSR count). The molecule has 2 heterocycles. The van der Waals surface area contributed by atoms with E-state index in [4.69, 9.17) is 4.52 Å². The Hall–Kier alpha value is -1.89. The van der Waals surface area contributed by atoms with E-state index in [1.807, 2.05) is 6.92 Å². The standard InChI is InChI=1S/C22H31N3O4/c1-12-8-15(29-25-12)11-24-20(26)18-16-2-3-17(19(18)21(27)28)22(16)10-14(22)9-13-4-6-23-7-5-13/h8,13-14,16-19,23H,2-7,9-11H2,1H3,(H,24,26)(H,27,28)/t14?,16-,17+,18+,19+,22?/m0/s1. The maximum atomic E-state index is 13.1. The SMILES string of the molecule is Cc1cc(CNC(=O)[C@H]2[C@H](C(=O)O)[C@H]3CC[C@@H]2C32CC2CC2CCNCC2)on1. The van der Waals surface area contributed by atoms with E-state index in [-0.39, 0.29) is 29.7 Å². The number of amides is 1. The first kappa shape index (κ1) is 19.1. The van der Waals surface area contributed by atoms with Crippen LogP contribution in [-0.4, -0.2) is 35.2 Å². The predicted octanol–water partition coefficient (Wildman–Crippen LogP) is 2.35. The van der Waals surface area contributed by atoms with Crippen LogP contribution in [0.15, 0.2) is 10.6 Å². The van der Waals surface area contributed by atoms with E-state index in [0.29, 0.717) is 11.7 Å². The molecule has 3 aliphatic carbocycles. The Morgan fingerprint density at radius 2 is 1.97 bits per heavy atom. The lowest BCUT2D eigenvalue weighted by Gasteiger charge is -2.26. The van der Waals surface area contributed by atoms with Crippen molar-refractivity contribution in [3.05, 3.63) is 17.5 Å². The number of carboxylic acids is 1. The Bertz CT molecular complexity index is 802. The quantitative estimate of drug-likeness (QED) is 0.676. The van der Waals surface area contributed by atoms with Crippen LogP contribution in [0.3, 0.4) is 0 Å². The molecule has 1 spiro atoms. The van der Waals surface area contributed by atoms with Gasteiger partial charge < -0.3 is 20.3 Å². The normalized spacial score (nSPS) is 38.4. The molecule has 6 atom stereocenters. The molecule has 4 aliphatic rings. The molecule has 7 heteroatoms. The van der Waals surface area contributed by atoms with Gasteiger partial charge in [0, 0.05) is 6.07 Å². The number of aryl methyl sites for hydroxylation is 1. The number of nitrogens with zero attached hydrogens (tertiary/aromatic N) is 1. The van der Waals surface area contributed by atoms with Gasteiger partial charge in [0.25, 0.3) is 0 Å². The highest BCUT2D eigenvalue weighted by atomic mass is 16.5. The zero-order valence-corrected chi connectivity index (χ0v) is 17.0. The van der Waals surface area contributed by atoms with Crippen LogP contribution in [0.5, 0.6) is 0 Å². The van der Waals surface area contributed by atoms with E-state index in [1.165, 1.54) is 19.3 Å². The molecule has 3 N–H and O–H groups in total. The molecule has 29 heavy (non-hydrogen) atoms. The van der Waals surface area contributed by atoms with Crippen LogP contribution < -0.4 is 10.6 Å². The molecule has 1 saturated heterocycles. The van der Waals surface area contributed by atoms with Gasteiger partial charge in [0.05, 0.1) is 24.1 Å². The zero-order valence-electron chi connectivity index (χ0n) is 17.0. The van der Waals surface area contributed by atoms with Crippen LogP contribution >= 0.6 is 0 Å². The van der Waals surface area contributed by atoms with Crippen molar-refractivity contribution in [3.63, 3.8) is 0 Å². The third kappa shape index (κ3) is 3.09. The molecule has 158 valence electrons. The predicted molar refractivity (Wildman–Crippen MR) is 105 cm³/mol. The number of carbonyl (C=O) groups is 2. The first-order valence-electron chi connectivity index (χ1n) is 11.1. The number of hydrogen-bond donors (Lipinski definition) is 3. The molecule has 1 aliphatic heterocycles. The summed E-state index contributed by atoms with van der Waals surface area (Å²) in [7, 11) is 0. The summed E-state index contributed by atoms with van der Waals surface area (Å²) in [5, 5.41) is 20.2. The number of nitrogens with one attached hydrogen (secondary N) is 2. The van der Waals surface area contributed by atoms with Crippen molar-refractivity contribution < 1.29 is 19.2 Å². The summed E-state index contributed by atoms with van der Waals surface area (Å²) in [5.74, 6) is 0.500. The Labute approximate surface area is 171 Å². The smallest absolute Gasteiger partial charge is 0.307 e. The van der Waals surface area contributed by atoms with E-state index >= 15 is 0 Å². The first-order valence-corrected chi connectivity index (χ1v) is 11.1. The van der Waals surface area contributed by atoms with Crippen molar-refractivity contribution in [2.24, 2.45) is 40.9 Å². The molecule has 4 fully saturated rings. The van der Waals surface area contributed by atoms with Gasteiger partial charge in [-0.2, -0.15) is 0 Å². The van der Waals surface area contributed by atoms with Crippen LogP contribution in [0.1, 0.15) is 50.0 Å². The lowest BCUT2D eigenvalue weighted by molar-refractivity contribution is -0.149. The van der Waals surface area contributed by atoms with Crippen molar-refractivity contribution in [1.29, 1.82) is 0 Å². The monoisotopic (exact) mass is 401 g/mol. The number of aliphatic carboxylic acids is 1. The molecular formula is C22H31N3O4. The summed E-state index contributed by atoms with van der Waals surface area (Å²) >= 11 is 0. The molecule has 0 radical (unpaired) electrons. The van der Waals surface area contributed by atoms with Gasteiger partial charge in [-0.05, 0) is 87.6 Å². The van der Waals surface area contributed by atoms with Crippen molar-refractivity contribution in [3.8, 4) is 0 Å². The number of hydrogen-bond acceptors (Lipinski definition) is 5. The molecule has 2 unspecified atom stereocenters. The molecule has 7 nitrogen and oxygen atoms in total. The zero-order chi connectivity index (χ0) is 20.2. The Morgan fingerprint density at radius 1 is 1.24 bits per heavy atom. The highest BCUT2D eigenvalue weighted by Gasteiger charge is 2.75. The average Bonchev–Trinajstić information content (AvgIpc) is 2.97. The maximum Gasteiger partial charge on any atom is 0.307 e. The van der Waals surface area contributed by atoms with Gasteiger partial charge in [0.1, 0.15) is 0 Å². The third-order valence-electron chi connectivity index (χ3n) is 8.40. The number of rotatable bonds is 6. The maximum absolute atomic E-state index is 13.1. The minimum Gasteiger partial charge on any atom is -0.481 e. The Kier molecular flexibility index (Phi) is 4.68. The molecule has 3 saturated carbocycles. The second kappa shape index (κ2) is 7.11. The Morgan fingerprint density at radius 3 is 2.62 bits per heavy atom. The van der Waals surface area contributed by atoms with Gasteiger partial charge >= 0.3 is 5.97 Å². The van der Waals surface area contributed by atoms with Gasteiger partial charge in [-0.25, -0.2) is 0 Å². The average molecular weight is 402 g/mol. The molecule has 2 bridgehead atoms. The summed E-state index contributed by atoms with van der Waals surface area (Å²) in [6, 6.07) is 1.80. The summed E-state index contributed by atoms with van der Waals surface area (Å²) < 4.78 is 5.18.